The van der Waals surface area contributed by atoms with E-state index in [1.165, 1.54) is 10.5 Å². The Bertz CT molecular complexity index is 456. The molecule has 2 aromatic rings. The largest absolute Gasteiger partial charge is 0.248 e. The van der Waals surface area contributed by atoms with Gasteiger partial charge in [0.25, 0.3) is 0 Å². The van der Waals surface area contributed by atoms with Crippen molar-refractivity contribution in [2.75, 3.05) is 0 Å². The molecule has 0 amide bonds. The van der Waals surface area contributed by atoms with Crippen LogP contribution in [0.4, 0.5) is 0 Å². The van der Waals surface area contributed by atoms with Crippen molar-refractivity contribution < 1.29 is 0 Å². The third-order valence-corrected chi connectivity index (χ3v) is 4.28. The second-order valence-corrected chi connectivity index (χ2v) is 5.02. The smallest absolute Gasteiger partial charge is 0.115 e. The van der Waals surface area contributed by atoms with Crippen molar-refractivity contribution in [1.82, 2.24) is 4.98 Å². The van der Waals surface area contributed by atoms with Crippen LogP contribution in [0.1, 0.15) is 5.56 Å². The second-order valence-electron chi connectivity index (χ2n) is 3.16. The maximum Gasteiger partial charge on any atom is 0.115 e. The standard InChI is InChI=1S/C12H10BrNS/c1-9-7-8-14-12(11(9)13)15-10-5-3-2-4-6-10/h2-8H,1H3. The zero-order chi connectivity index (χ0) is 10.7. The Kier molecular flexibility index (Phi) is 3.44. The molecule has 1 aromatic carbocycles. The van der Waals surface area contributed by atoms with E-state index in [4.69, 9.17) is 0 Å². The highest BCUT2D eigenvalue weighted by molar-refractivity contribution is 9.10. The Hall–Kier alpha value is -0.800. The fourth-order valence-corrected chi connectivity index (χ4v) is 2.54. The summed E-state index contributed by atoms with van der Waals surface area (Å²) in [5.74, 6) is 0. The minimum atomic E-state index is 1.02. The van der Waals surface area contributed by atoms with Crippen LogP contribution in [0.15, 0.2) is 57.0 Å². The van der Waals surface area contributed by atoms with Crippen LogP contribution >= 0.6 is 27.7 Å². The lowest BCUT2D eigenvalue weighted by Crippen LogP contribution is -1.84. The van der Waals surface area contributed by atoms with Crippen LogP contribution in [-0.2, 0) is 0 Å². The van der Waals surface area contributed by atoms with Gasteiger partial charge in [-0.15, -0.1) is 0 Å². The van der Waals surface area contributed by atoms with Crippen LogP contribution in [0.3, 0.4) is 0 Å². The number of nitrogens with zero attached hydrogens (tertiary/aromatic N) is 1. The van der Waals surface area contributed by atoms with Crippen LogP contribution in [0.5, 0.6) is 0 Å². The van der Waals surface area contributed by atoms with Gasteiger partial charge in [-0.25, -0.2) is 4.98 Å². The quantitative estimate of drug-likeness (QED) is 0.813. The van der Waals surface area contributed by atoms with Crippen molar-refractivity contribution >= 4 is 27.7 Å². The number of rotatable bonds is 2. The molecule has 0 aliphatic carbocycles. The molecular formula is C12H10BrNS. The maximum atomic E-state index is 4.35. The fourth-order valence-electron chi connectivity index (χ4n) is 1.19. The summed E-state index contributed by atoms with van der Waals surface area (Å²) in [7, 11) is 0. The second kappa shape index (κ2) is 4.81. The Morgan fingerprint density at radius 1 is 1.13 bits per heavy atom. The summed E-state index contributed by atoms with van der Waals surface area (Å²) in [6.45, 7) is 2.07. The number of hydrogen-bond acceptors (Lipinski definition) is 2. The third kappa shape index (κ3) is 2.61. The zero-order valence-corrected chi connectivity index (χ0v) is 10.7. The first kappa shape index (κ1) is 10.7. The molecule has 0 aliphatic rings. The monoisotopic (exact) mass is 279 g/mol. The van der Waals surface area contributed by atoms with Crippen molar-refractivity contribution in [3.05, 3.63) is 52.6 Å². The third-order valence-electron chi connectivity index (χ3n) is 2.01. The SMILES string of the molecule is Cc1ccnc(Sc2ccccc2)c1Br. The Labute approximate surface area is 102 Å². The van der Waals surface area contributed by atoms with E-state index >= 15 is 0 Å². The predicted molar refractivity (Wildman–Crippen MR) is 67.2 cm³/mol. The first-order valence-electron chi connectivity index (χ1n) is 4.61. The van der Waals surface area contributed by atoms with Gasteiger partial charge in [0.2, 0.25) is 0 Å². The molecule has 0 fully saturated rings. The van der Waals surface area contributed by atoms with Gasteiger partial charge in [0.1, 0.15) is 5.03 Å². The van der Waals surface area contributed by atoms with Gasteiger partial charge < -0.3 is 0 Å². The number of benzene rings is 1. The minimum absolute atomic E-state index is 1.02. The summed E-state index contributed by atoms with van der Waals surface area (Å²) in [6.07, 6.45) is 1.84. The van der Waals surface area contributed by atoms with Crippen LogP contribution < -0.4 is 0 Å². The Morgan fingerprint density at radius 3 is 2.60 bits per heavy atom. The molecule has 76 valence electrons. The lowest BCUT2D eigenvalue weighted by molar-refractivity contribution is 1.08. The molecule has 0 aliphatic heterocycles. The lowest BCUT2D eigenvalue weighted by atomic mass is 10.3. The number of pyridine rings is 1. The molecule has 0 bridgehead atoms. The molecule has 0 N–H and O–H groups in total. The first-order chi connectivity index (χ1) is 7.27. The molecule has 15 heavy (non-hydrogen) atoms. The molecule has 0 saturated carbocycles. The van der Waals surface area contributed by atoms with Crippen molar-refractivity contribution in [2.24, 2.45) is 0 Å². The van der Waals surface area contributed by atoms with E-state index in [0.717, 1.165) is 9.50 Å². The number of aryl methyl sites for hydroxylation is 1. The van der Waals surface area contributed by atoms with Crippen molar-refractivity contribution in [1.29, 1.82) is 0 Å². The molecular weight excluding hydrogens is 270 g/mol. The van der Waals surface area contributed by atoms with E-state index in [1.54, 1.807) is 11.8 Å². The Morgan fingerprint density at radius 2 is 1.87 bits per heavy atom. The van der Waals surface area contributed by atoms with E-state index in [0.29, 0.717) is 0 Å². The molecule has 0 unspecified atom stereocenters. The van der Waals surface area contributed by atoms with Gasteiger partial charge in [0.05, 0.1) is 4.47 Å². The molecule has 0 radical (unpaired) electrons. The van der Waals surface area contributed by atoms with Crippen LogP contribution in [0.25, 0.3) is 0 Å². The number of aromatic nitrogens is 1. The molecule has 3 heteroatoms. The van der Waals surface area contributed by atoms with Gasteiger partial charge in [-0.1, -0.05) is 30.0 Å². The van der Waals surface area contributed by atoms with Gasteiger partial charge in [0.15, 0.2) is 0 Å². The van der Waals surface area contributed by atoms with Gasteiger partial charge in [-0.05, 0) is 46.6 Å². The molecule has 0 saturated heterocycles. The summed E-state index contributed by atoms with van der Waals surface area (Å²) in [6, 6.07) is 12.3. The van der Waals surface area contributed by atoms with Crippen molar-refractivity contribution in [3.63, 3.8) is 0 Å². The molecule has 2 rings (SSSR count). The number of hydrogen-bond donors (Lipinski definition) is 0. The average molecular weight is 280 g/mol. The minimum Gasteiger partial charge on any atom is -0.248 e. The highest BCUT2D eigenvalue weighted by atomic mass is 79.9. The van der Waals surface area contributed by atoms with Crippen molar-refractivity contribution in [2.45, 2.75) is 16.8 Å². The summed E-state index contributed by atoms with van der Waals surface area (Å²) in [4.78, 5) is 5.56. The van der Waals surface area contributed by atoms with E-state index in [-0.39, 0.29) is 0 Å². The van der Waals surface area contributed by atoms with E-state index in [1.807, 2.05) is 30.5 Å². The van der Waals surface area contributed by atoms with Gasteiger partial charge in [0, 0.05) is 11.1 Å². The topological polar surface area (TPSA) is 12.9 Å². The summed E-state index contributed by atoms with van der Waals surface area (Å²) < 4.78 is 1.08. The van der Waals surface area contributed by atoms with E-state index < -0.39 is 0 Å². The maximum absolute atomic E-state index is 4.35. The van der Waals surface area contributed by atoms with E-state index in [2.05, 4.69) is 40.0 Å². The van der Waals surface area contributed by atoms with Crippen LogP contribution in [0.2, 0.25) is 0 Å². The molecule has 1 heterocycles. The van der Waals surface area contributed by atoms with Crippen LogP contribution in [0, 0.1) is 6.92 Å². The molecule has 0 atom stereocenters. The average Bonchev–Trinajstić information content (AvgIpc) is 2.26. The van der Waals surface area contributed by atoms with Gasteiger partial charge in [-0.3, -0.25) is 0 Å². The zero-order valence-electron chi connectivity index (χ0n) is 8.27. The normalized spacial score (nSPS) is 10.3. The summed E-state index contributed by atoms with van der Waals surface area (Å²) in [5, 5.41) is 1.02. The first-order valence-corrected chi connectivity index (χ1v) is 6.22. The van der Waals surface area contributed by atoms with Gasteiger partial charge in [-0.2, -0.15) is 0 Å². The lowest BCUT2D eigenvalue weighted by Gasteiger charge is -2.04. The van der Waals surface area contributed by atoms with E-state index in [9.17, 15) is 0 Å². The summed E-state index contributed by atoms with van der Waals surface area (Å²) in [5.41, 5.74) is 1.21. The van der Waals surface area contributed by atoms with Crippen molar-refractivity contribution in [3.8, 4) is 0 Å². The fraction of sp³-hybridized carbons (Fsp3) is 0.0833. The summed E-state index contributed by atoms with van der Waals surface area (Å²) >= 11 is 5.22. The molecule has 0 spiro atoms. The predicted octanol–water partition coefficient (Wildman–Crippen LogP) is 4.30. The Balaban J connectivity index is 2.29. The molecule has 1 aromatic heterocycles. The highest BCUT2D eigenvalue weighted by Gasteiger charge is 2.05. The van der Waals surface area contributed by atoms with Crippen LogP contribution in [-0.4, -0.2) is 4.98 Å². The molecule has 1 nitrogen and oxygen atoms in total. The number of halogens is 1. The highest BCUT2D eigenvalue weighted by Crippen LogP contribution is 2.32. The van der Waals surface area contributed by atoms with Gasteiger partial charge >= 0.3 is 0 Å².